The number of carbonyl (C=O) groups excluding carboxylic acids is 1. The number of ketones is 1. The number of aryl methyl sites for hydroxylation is 3. The Morgan fingerprint density at radius 3 is 2.10 bits per heavy atom. The molecule has 1 aliphatic rings. The molecule has 1 aromatic rings. The fourth-order valence-electron chi connectivity index (χ4n) is 4.64. The van der Waals surface area contributed by atoms with Gasteiger partial charge in [-0.05, 0) is 75.0 Å². The van der Waals surface area contributed by atoms with E-state index in [-0.39, 0.29) is 5.41 Å². The second-order valence-corrected chi connectivity index (χ2v) is 7.55. The second kappa shape index (κ2) is 5.59. The maximum Gasteiger partial charge on any atom is 0.136 e. The molecular weight excluding hydrogens is 256 g/mol. The first kappa shape index (κ1) is 16.3. The molecule has 1 nitrogen and oxygen atoms in total. The molecule has 0 heterocycles. The van der Waals surface area contributed by atoms with Gasteiger partial charge in [-0.3, -0.25) is 4.79 Å². The number of hydrogen-bond acceptors (Lipinski definition) is 1. The van der Waals surface area contributed by atoms with E-state index in [4.69, 9.17) is 0 Å². The Kier molecular flexibility index (Phi) is 4.33. The monoisotopic (exact) mass is 286 g/mol. The van der Waals surface area contributed by atoms with Crippen LogP contribution in [0.15, 0.2) is 12.1 Å². The first-order valence-corrected chi connectivity index (χ1v) is 8.28. The van der Waals surface area contributed by atoms with Crippen molar-refractivity contribution in [2.75, 3.05) is 0 Å². The predicted molar refractivity (Wildman–Crippen MR) is 89.7 cm³/mol. The Labute approximate surface area is 130 Å². The van der Waals surface area contributed by atoms with Crippen molar-refractivity contribution in [3.05, 3.63) is 34.4 Å². The predicted octanol–water partition coefficient (Wildman–Crippen LogP) is 5.36. The van der Waals surface area contributed by atoms with E-state index in [0.717, 1.165) is 6.42 Å². The Bertz CT molecular complexity index is 534. The Morgan fingerprint density at radius 1 is 1.10 bits per heavy atom. The van der Waals surface area contributed by atoms with Crippen LogP contribution in [0.5, 0.6) is 0 Å². The van der Waals surface area contributed by atoms with Gasteiger partial charge in [-0.2, -0.15) is 0 Å². The number of rotatable bonds is 2. The maximum atomic E-state index is 12.5. The van der Waals surface area contributed by atoms with Crippen LogP contribution in [0.2, 0.25) is 0 Å². The fourth-order valence-corrected chi connectivity index (χ4v) is 4.64. The quantitative estimate of drug-likeness (QED) is 0.715. The lowest BCUT2D eigenvalue weighted by atomic mass is 9.54. The Morgan fingerprint density at radius 2 is 1.62 bits per heavy atom. The van der Waals surface area contributed by atoms with Crippen molar-refractivity contribution in [3.8, 4) is 0 Å². The third-order valence-corrected chi connectivity index (χ3v) is 6.28. The lowest BCUT2D eigenvalue weighted by molar-refractivity contribution is -0.133. The van der Waals surface area contributed by atoms with Gasteiger partial charge in [-0.1, -0.05) is 38.5 Å². The zero-order chi connectivity index (χ0) is 15.9. The van der Waals surface area contributed by atoms with Gasteiger partial charge in [0.25, 0.3) is 0 Å². The van der Waals surface area contributed by atoms with E-state index in [2.05, 4.69) is 53.7 Å². The van der Waals surface area contributed by atoms with Crippen molar-refractivity contribution >= 4 is 5.78 Å². The van der Waals surface area contributed by atoms with Gasteiger partial charge in [0.1, 0.15) is 5.78 Å². The molecule has 0 radical (unpaired) electrons. The standard InChI is InChI=1S/C20H30O/c1-12-10-14(3)19(15(4)11-12)18-9-8-13(2)16(5)20(18,7)17(6)21/h10-11,13,16,18H,8-9H2,1-7H3. The minimum atomic E-state index is -0.234. The first-order chi connectivity index (χ1) is 9.69. The van der Waals surface area contributed by atoms with Gasteiger partial charge in [0.2, 0.25) is 0 Å². The van der Waals surface area contributed by atoms with Crippen LogP contribution in [0.1, 0.15) is 68.7 Å². The number of hydrogen-bond donors (Lipinski definition) is 0. The van der Waals surface area contributed by atoms with Crippen molar-refractivity contribution in [1.82, 2.24) is 0 Å². The summed E-state index contributed by atoms with van der Waals surface area (Å²) in [5.74, 6) is 1.78. The normalized spacial score (nSPS) is 33.0. The average molecular weight is 286 g/mol. The lowest BCUT2D eigenvalue weighted by Gasteiger charge is -2.48. The van der Waals surface area contributed by atoms with Crippen molar-refractivity contribution in [1.29, 1.82) is 0 Å². The molecule has 2 rings (SSSR count). The van der Waals surface area contributed by atoms with E-state index in [1.54, 1.807) is 6.92 Å². The topological polar surface area (TPSA) is 17.1 Å². The molecular formula is C20H30O. The highest BCUT2D eigenvalue weighted by atomic mass is 16.1. The highest BCUT2D eigenvalue weighted by Crippen LogP contribution is 2.54. The van der Waals surface area contributed by atoms with E-state index >= 15 is 0 Å². The molecule has 0 amide bonds. The van der Waals surface area contributed by atoms with Crippen LogP contribution in [0.25, 0.3) is 0 Å². The summed E-state index contributed by atoms with van der Waals surface area (Å²) in [5.41, 5.74) is 5.22. The van der Waals surface area contributed by atoms with Gasteiger partial charge < -0.3 is 0 Å². The minimum absolute atomic E-state index is 0.234. The summed E-state index contributed by atoms with van der Waals surface area (Å²) in [7, 11) is 0. The Balaban J connectivity index is 2.59. The van der Waals surface area contributed by atoms with Crippen LogP contribution >= 0.6 is 0 Å². The van der Waals surface area contributed by atoms with Crippen molar-refractivity contribution < 1.29 is 4.79 Å². The Hall–Kier alpha value is -1.11. The molecule has 1 aliphatic carbocycles. The van der Waals surface area contributed by atoms with Crippen LogP contribution in [0, 0.1) is 38.0 Å². The van der Waals surface area contributed by atoms with Crippen molar-refractivity contribution in [3.63, 3.8) is 0 Å². The van der Waals surface area contributed by atoms with Gasteiger partial charge in [-0.25, -0.2) is 0 Å². The van der Waals surface area contributed by atoms with Crippen LogP contribution in [0.3, 0.4) is 0 Å². The highest BCUT2D eigenvalue weighted by Gasteiger charge is 2.49. The summed E-state index contributed by atoms with van der Waals surface area (Å²) in [6.45, 7) is 15.1. The summed E-state index contributed by atoms with van der Waals surface area (Å²) < 4.78 is 0. The smallest absolute Gasteiger partial charge is 0.136 e. The molecule has 4 unspecified atom stereocenters. The van der Waals surface area contributed by atoms with E-state index in [1.165, 1.54) is 28.7 Å². The van der Waals surface area contributed by atoms with Crippen molar-refractivity contribution in [2.45, 2.75) is 67.2 Å². The number of carbonyl (C=O) groups is 1. The van der Waals surface area contributed by atoms with Gasteiger partial charge in [0.05, 0.1) is 0 Å². The largest absolute Gasteiger partial charge is 0.299 e. The van der Waals surface area contributed by atoms with Crippen LogP contribution < -0.4 is 0 Å². The van der Waals surface area contributed by atoms with Crippen molar-refractivity contribution in [2.24, 2.45) is 17.3 Å². The van der Waals surface area contributed by atoms with E-state index < -0.39 is 0 Å². The zero-order valence-electron chi connectivity index (χ0n) is 14.7. The van der Waals surface area contributed by atoms with Crippen LogP contribution in [0.4, 0.5) is 0 Å². The SMILES string of the molecule is CC(=O)C1(C)C(c2c(C)cc(C)cc2C)CCC(C)C1C. The van der Waals surface area contributed by atoms with Gasteiger partial charge in [0.15, 0.2) is 0 Å². The minimum Gasteiger partial charge on any atom is -0.299 e. The molecule has 1 fully saturated rings. The molecule has 0 bridgehead atoms. The summed E-state index contributed by atoms with van der Waals surface area (Å²) in [6, 6.07) is 4.54. The second-order valence-electron chi connectivity index (χ2n) is 7.55. The number of Topliss-reactive ketones (excluding diaryl/α,β-unsaturated/α-hetero) is 1. The maximum absolute atomic E-state index is 12.5. The molecule has 21 heavy (non-hydrogen) atoms. The zero-order valence-corrected chi connectivity index (χ0v) is 14.7. The molecule has 1 saturated carbocycles. The molecule has 1 aromatic carbocycles. The van der Waals surface area contributed by atoms with E-state index in [9.17, 15) is 4.79 Å². The molecule has 0 aliphatic heterocycles. The third-order valence-electron chi connectivity index (χ3n) is 6.28. The molecule has 1 heteroatoms. The summed E-state index contributed by atoms with van der Waals surface area (Å²) >= 11 is 0. The first-order valence-electron chi connectivity index (χ1n) is 8.28. The molecule has 0 saturated heterocycles. The number of benzene rings is 1. The molecule has 4 atom stereocenters. The molecule has 0 aromatic heterocycles. The van der Waals surface area contributed by atoms with Crippen LogP contribution in [-0.2, 0) is 4.79 Å². The summed E-state index contributed by atoms with van der Waals surface area (Å²) in [4.78, 5) is 12.5. The van der Waals surface area contributed by atoms with E-state index in [1.807, 2.05) is 0 Å². The fraction of sp³-hybridized carbons (Fsp3) is 0.650. The molecule has 0 N–H and O–H groups in total. The van der Waals surface area contributed by atoms with Gasteiger partial charge >= 0.3 is 0 Å². The molecule has 116 valence electrons. The third kappa shape index (κ3) is 2.56. The van der Waals surface area contributed by atoms with Gasteiger partial charge in [-0.15, -0.1) is 0 Å². The van der Waals surface area contributed by atoms with E-state index in [0.29, 0.717) is 23.5 Å². The lowest BCUT2D eigenvalue weighted by Crippen LogP contribution is -2.45. The summed E-state index contributed by atoms with van der Waals surface area (Å²) in [5, 5.41) is 0. The van der Waals surface area contributed by atoms with Crippen LogP contribution in [-0.4, -0.2) is 5.78 Å². The summed E-state index contributed by atoms with van der Waals surface area (Å²) in [6.07, 6.45) is 2.35. The molecule has 0 spiro atoms. The van der Waals surface area contributed by atoms with Gasteiger partial charge in [0, 0.05) is 5.41 Å². The average Bonchev–Trinajstić information content (AvgIpc) is 2.37. The highest BCUT2D eigenvalue weighted by molar-refractivity contribution is 5.84.